The number of carbonyl (C=O) groups excluding carboxylic acids is 2. The van der Waals surface area contributed by atoms with Gasteiger partial charge in [-0.15, -0.1) is 0 Å². The molecule has 6 nitrogen and oxygen atoms in total. The third-order valence-electron chi connectivity index (χ3n) is 5.30. The molecule has 3 aromatic carbocycles. The quantitative estimate of drug-likeness (QED) is 0.373. The van der Waals surface area contributed by atoms with Crippen LogP contribution in [0.2, 0.25) is 0 Å². The third kappa shape index (κ3) is 3.75. The zero-order valence-electron chi connectivity index (χ0n) is 16.9. The lowest BCUT2D eigenvalue weighted by molar-refractivity contribution is -0.140. The monoisotopic (exact) mass is 415 g/mol. The Balaban J connectivity index is 1.89. The fourth-order valence-electron chi connectivity index (χ4n) is 3.79. The Morgan fingerprint density at radius 1 is 0.968 bits per heavy atom. The molecule has 6 heteroatoms. The summed E-state index contributed by atoms with van der Waals surface area (Å²) in [7, 11) is 1.42. The van der Waals surface area contributed by atoms with E-state index < -0.39 is 17.7 Å². The van der Waals surface area contributed by atoms with E-state index in [4.69, 9.17) is 4.74 Å². The van der Waals surface area contributed by atoms with Gasteiger partial charge in [0, 0.05) is 12.1 Å². The number of methoxy groups -OCH3 is 1. The Morgan fingerprint density at radius 2 is 1.61 bits per heavy atom. The van der Waals surface area contributed by atoms with Gasteiger partial charge in [0.15, 0.2) is 11.5 Å². The van der Waals surface area contributed by atoms with Crippen LogP contribution in [-0.4, -0.2) is 33.9 Å². The highest BCUT2D eigenvalue weighted by Gasteiger charge is 2.46. The number of aromatic hydroxyl groups is 1. The Hall–Kier alpha value is -4.06. The standard InChI is InChI=1S/C25H21NO5/c1-31-20-14-18(12-13-19(20)27)22-21(23(28)17-10-6-3-7-11-17)24(29)25(30)26(22)15-16-8-4-2-5-9-16/h2-14,22,27-28H,15H2,1H3/b23-21+. The molecule has 1 fully saturated rings. The van der Waals surface area contributed by atoms with E-state index in [-0.39, 0.29) is 29.4 Å². The van der Waals surface area contributed by atoms with Crippen LogP contribution in [-0.2, 0) is 16.1 Å². The number of Topliss-reactive ketones (excluding diaryl/α,β-unsaturated/α-hetero) is 1. The second-order valence-electron chi connectivity index (χ2n) is 7.21. The predicted molar refractivity (Wildman–Crippen MR) is 115 cm³/mol. The molecule has 2 N–H and O–H groups in total. The van der Waals surface area contributed by atoms with Gasteiger partial charge < -0.3 is 19.8 Å². The second-order valence-corrected chi connectivity index (χ2v) is 7.21. The Morgan fingerprint density at radius 3 is 2.26 bits per heavy atom. The number of likely N-dealkylation sites (tertiary alicyclic amines) is 1. The van der Waals surface area contributed by atoms with Gasteiger partial charge in [-0.3, -0.25) is 9.59 Å². The van der Waals surface area contributed by atoms with Crippen molar-refractivity contribution in [2.45, 2.75) is 12.6 Å². The lowest BCUT2D eigenvalue weighted by atomic mass is 9.95. The van der Waals surface area contributed by atoms with Crippen molar-refractivity contribution in [3.8, 4) is 11.5 Å². The Bertz CT molecular complexity index is 1160. The minimum atomic E-state index is -0.838. The molecule has 1 aliphatic rings. The number of ether oxygens (including phenoxy) is 1. The van der Waals surface area contributed by atoms with E-state index in [2.05, 4.69) is 0 Å². The molecule has 156 valence electrons. The average Bonchev–Trinajstić information content (AvgIpc) is 3.05. The number of hydrogen-bond donors (Lipinski definition) is 2. The van der Waals surface area contributed by atoms with E-state index in [0.29, 0.717) is 11.1 Å². The fourth-order valence-corrected chi connectivity index (χ4v) is 3.79. The van der Waals surface area contributed by atoms with Crippen molar-refractivity contribution in [1.29, 1.82) is 0 Å². The smallest absolute Gasteiger partial charge is 0.295 e. The van der Waals surface area contributed by atoms with Crippen molar-refractivity contribution in [2.24, 2.45) is 0 Å². The number of benzene rings is 3. The van der Waals surface area contributed by atoms with Crippen molar-refractivity contribution in [2.75, 3.05) is 7.11 Å². The molecule has 1 unspecified atom stereocenters. The molecule has 0 radical (unpaired) electrons. The molecule has 31 heavy (non-hydrogen) atoms. The first kappa shape index (κ1) is 20.2. The van der Waals surface area contributed by atoms with Gasteiger partial charge in [-0.2, -0.15) is 0 Å². The number of rotatable bonds is 5. The molecule has 1 atom stereocenters. The molecule has 0 bridgehead atoms. The van der Waals surface area contributed by atoms with E-state index in [1.54, 1.807) is 42.5 Å². The number of phenols is 1. The summed E-state index contributed by atoms with van der Waals surface area (Å²) in [6.45, 7) is 0.185. The maximum atomic E-state index is 13.0. The lowest BCUT2D eigenvalue weighted by Gasteiger charge is -2.26. The Labute approximate surface area is 179 Å². The number of nitrogens with zero attached hydrogens (tertiary/aromatic N) is 1. The van der Waals surface area contributed by atoms with Crippen molar-refractivity contribution in [1.82, 2.24) is 4.90 Å². The molecule has 0 saturated carbocycles. The molecule has 4 rings (SSSR count). The van der Waals surface area contributed by atoms with Crippen LogP contribution >= 0.6 is 0 Å². The van der Waals surface area contributed by atoms with Gasteiger partial charge in [0.05, 0.1) is 18.7 Å². The molecule has 0 spiro atoms. The number of carbonyl (C=O) groups is 2. The topological polar surface area (TPSA) is 87.1 Å². The van der Waals surface area contributed by atoms with Crippen LogP contribution in [0.25, 0.3) is 5.76 Å². The molecule has 1 aliphatic heterocycles. The minimum absolute atomic E-state index is 0.000117. The number of hydrogen-bond acceptors (Lipinski definition) is 5. The first-order chi connectivity index (χ1) is 15.0. The zero-order valence-corrected chi connectivity index (χ0v) is 16.9. The highest BCUT2D eigenvalue weighted by atomic mass is 16.5. The number of aliphatic hydroxyl groups is 1. The van der Waals surface area contributed by atoms with Crippen molar-refractivity contribution in [3.63, 3.8) is 0 Å². The van der Waals surface area contributed by atoms with E-state index in [1.165, 1.54) is 18.1 Å². The summed E-state index contributed by atoms with van der Waals surface area (Å²) in [4.78, 5) is 27.5. The summed E-state index contributed by atoms with van der Waals surface area (Å²) < 4.78 is 5.22. The SMILES string of the molecule is COc1cc(C2/C(=C(\O)c3ccccc3)C(=O)C(=O)N2Cc2ccccc2)ccc1O. The molecular formula is C25H21NO5. The van der Waals surface area contributed by atoms with Gasteiger partial charge in [-0.05, 0) is 23.3 Å². The second kappa shape index (κ2) is 8.36. The first-order valence-electron chi connectivity index (χ1n) is 9.76. The largest absolute Gasteiger partial charge is 0.507 e. The molecule has 0 aliphatic carbocycles. The number of amides is 1. The van der Waals surface area contributed by atoms with Gasteiger partial charge in [-0.25, -0.2) is 0 Å². The lowest BCUT2D eigenvalue weighted by Crippen LogP contribution is -2.29. The summed E-state index contributed by atoms with van der Waals surface area (Å²) in [6.07, 6.45) is 0. The van der Waals surface area contributed by atoms with Crippen LogP contribution in [0.3, 0.4) is 0 Å². The van der Waals surface area contributed by atoms with Crippen molar-refractivity contribution in [3.05, 3.63) is 101 Å². The molecule has 1 heterocycles. The van der Waals surface area contributed by atoms with Gasteiger partial charge in [0.2, 0.25) is 0 Å². The van der Waals surface area contributed by atoms with Gasteiger partial charge in [0.1, 0.15) is 5.76 Å². The molecule has 1 saturated heterocycles. The minimum Gasteiger partial charge on any atom is -0.507 e. The number of phenolic OH excluding ortho intramolecular Hbond substituents is 1. The van der Waals surface area contributed by atoms with Crippen molar-refractivity contribution < 1.29 is 24.5 Å². The number of aliphatic hydroxyl groups excluding tert-OH is 1. The summed E-state index contributed by atoms with van der Waals surface area (Å²) in [5, 5.41) is 21.0. The van der Waals surface area contributed by atoms with Crippen LogP contribution < -0.4 is 4.74 Å². The normalized spacial score (nSPS) is 17.7. The fraction of sp³-hybridized carbons (Fsp3) is 0.120. The van der Waals surface area contributed by atoms with E-state index in [1.807, 2.05) is 30.3 Å². The van der Waals surface area contributed by atoms with Crippen LogP contribution in [0.5, 0.6) is 11.5 Å². The van der Waals surface area contributed by atoms with Crippen LogP contribution in [0, 0.1) is 0 Å². The molecule has 1 amide bonds. The third-order valence-corrected chi connectivity index (χ3v) is 5.30. The van der Waals surface area contributed by atoms with E-state index in [0.717, 1.165) is 5.56 Å². The Kier molecular flexibility index (Phi) is 5.45. The van der Waals surface area contributed by atoms with Crippen LogP contribution in [0.4, 0.5) is 0 Å². The van der Waals surface area contributed by atoms with Crippen LogP contribution in [0.1, 0.15) is 22.7 Å². The summed E-state index contributed by atoms with van der Waals surface area (Å²) in [5.41, 5.74) is 1.83. The van der Waals surface area contributed by atoms with Gasteiger partial charge in [0.25, 0.3) is 11.7 Å². The first-order valence-corrected chi connectivity index (χ1v) is 9.76. The molecule has 3 aromatic rings. The highest BCUT2D eigenvalue weighted by molar-refractivity contribution is 6.46. The maximum Gasteiger partial charge on any atom is 0.295 e. The summed E-state index contributed by atoms with van der Waals surface area (Å²) >= 11 is 0. The predicted octanol–water partition coefficient (Wildman–Crippen LogP) is 4.02. The maximum absolute atomic E-state index is 13.0. The summed E-state index contributed by atoms with van der Waals surface area (Å²) in [6, 6.07) is 21.7. The molecular weight excluding hydrogens is 394 g/mol. The highest BCUT2D eigenvalue weighted by Crippen LogP contribution is 2.42. The van der Waals surface area contributed by atoms with Gasteiger partial charge in [-0.1, -0.05) is 66.7 Å². The van der Waals surface area contributed by atoms with E-state index >= 15 is 0 Å². The van der Waals surface area contributed by atoms with Gasteiger partial charge >= 0.3 is 0 Å². The van der Waals surface area contributed by atoms with Crippen molar-refractivity contribution >= 4 is 17.4 Å². The molecule has 0 aromatic heterocycles. The number of ketones is 1. The average molecular weight is 415 g/mol. The summed E-state index contributed by atoms with van der Waals surface area (Å²) in [5.74, 6) is -1.55. The van der Waals surface area contributed by atoms with E-state index in [9.17, 15) is 19.8 Å². The van der Waals surface area contributed by atoms with Crippen LogP contribution in [0.15, 0.2) is 84.4 Å². The zero-order chi connectivity index (χ0) is 22.0.